The van der Waals surface area contributed by atoms with Crippen molar-refractivity contribution in [1.82, 2.24) is 9.55 Å². The Hall–Kier alpha value is -1.77. The minimum Gasteiger partial charge on any atom is -0.393 e. The van der Waals surface area contributed by atoms with Gasteiger partial charge in [0.2, 0.25) is 0 Å². The molecule has 1 fully saturated rings. The lowest BCUT2D eigenvalue weighted by Crippen LogP contribution is -2.32. The van der Waals surface area contributed by atoms with Crippen LogP contribution in [-0.4, -0.2) is 38.6 Å². The average Bonchev–Trinajstić information content (AvgIpc) is 2.70. The lowest BCUT2D eigenvalue weighted by molar-refractivity contribution is -0.0527. The molecule has 104 valence electrons. The van der Waals surface area contributed by atoms with Crippen LogP contribution in [0.2, 0.25) is 0 Å². The van der Waals surface area contributed by atoms with E-state index in [1.807, 2.05) is 0 Å². The molecule has 0 amide bonds. The third kappa shape index (κ3) is 2.25. The zero-order valence-electron chi connectivity index (χ0n) is 10.2. The summed E-state index contributed by atoms with van der Waals surface area (Å²) < 4.78 is 19.0. The second kappa shape index (κ2) is 5.08. The van der Waals surface area contributed by atoms with Gasteiger partial charge in [-0.3, -0.25) is 4.57 Å². The van der Waals surface area contributed by atoms with Gasteiger partial charge in [-0.15, -0.1) is 0 Å². The smallest absolute Gasteiger partial charge is 0.351 e. The summed E-state index contributed by atoms with van der Waals surface area (Å²) in [6.45, 7) is 1.13. The maximum absolute atomic E-state index is 12.7. The SMILES string of the molecule is Cc1cn(C2OC(CO)/C(=C/F)C2O)c(=O)nc1N. The molecule has 1 aliphatic heterocycles. The molecule has 8 heteroatoms. The second-order valence-corrected chi connectivity index (χ2v) is 4.25. The number of halogens is 1. The molecule has 0 radical (unpaired) electrons. The average molecular weight is 271 g/mol. The quantitative estimate of drug-likeness (QED) is 0.652. The fourth-order valence-corrected chi connectivity index (χ4v) is 1.94. The number of aromatic nitrogens is 2. The van der Waals surface area contributed by atoms with Crippen LogP contribution in [-0.2, 0) is 4.74 Å². The Balaban J connectivity index is 2.44. The predicted octanol–water partition coefficient (Wildman–Crippen LogP) is -0.762. The van der Waals surface area contributed by atoms with Crippen LogP contribution in [0.25, 0.3) is 0 Å². The molecule has 1 aliphatic rings. The van der Waals surface area contributed by atoms with E-state index in [1.165, 1.54) is 6.20 Å². The largest absolute Gasteiger partial charge is 0.393 e. The molecule has 0 aromatic carbocycles. The number of rotatable bonds is 2. The molecule has 4 N–H and O–H groups in total. The molecule has 1 saturated heterocycles. The first kappa shape index (κ1) is 13.7. The maximum atomic E-state index is 12.7. The van der Waals surface area contributed by atoms with Crippen LogP contribution in [0, 0.1) is 6.92 Å². The molecule has 7 nitrogen and oxygen atoms in total. The molecular weight excluding hydrogens is 257 g/mol. The molecule has 2 rings (SSSR count). The predicted molar refractivity (Wildman–Crippen MR) is 63.8 cm³/mol. The zero-order chi connectivity index (χ0) is 14.2. The van der Waals surface area contributed by atoms with E-state index in [4.69, 9.17) is 15.6 Å². The molecule has 0 bridgehead atoms. The van der Waals surface area contributed by atoms with Gasteiger partial charge in [0.1, 0.15) is 18.0 Å². The number of hydrogen-bond donors (Lipinski definition) is 3. The Morgan fingerprint density at radius 2 is 2.37 bits per heavy atom. The molecular formula is C11H14FN3O4. The summed E-state index contributed by atoms with van der Waals surface area (Å²) >= 11 is 0. The van der Waals surface area contributed by atoms with Gasteiger partial charge in [0.15, 0.2) is 6.23 Å². The molecule has 3 atom stereocenters. The van der Waals surface area contributed by atoms with Crippen LogP contribution >= 0.6 is 0 Å². The van der Waals surface area contributed by atoms with E-state index < -0.39 is 30.7 Å². The minimum atomic E-state index is -1.37. The van der Waals surface area contributed by atoms with E-state index in [0.29, 0.717) is 5.56 Å². The standard InChI is InChI=1S/C11H14FN3O4/c1-5-3-15(11(18)14-9(5)13)10-8(17)6(2-12)7(4-16)19-10/h2-3,7-8,10,16-17H,4H2,1H3,(H2,13,14,18)/b6-2-. The first-order valence-corrected chi connectivity index (χ1v) is 5.59. The second-order valence-electron chi connectivity index (χ2n) is 4.25. The van der Waals surface area contributed by atoms with Crippen molar-refractivity contribution in [2.45, 2.75) is 25.4 Å². The van der Waals surface area contributed by atoms with Crippen molar-refractivity contribution < 1.29 is 19.3 Å². The van der Waals surface area contributed by atoms with Crippen LogP contribution in [0.5, 0.6) is 0 Å². The van der Waals surface area contributed by atoms with Crippen molar-refractivity contribution >= 4 is 5.82 Å². The number of anilines is 1. The summed E-state index contributed by atoms with van der Waals surface area (Å²) in [6.07, 6.45) is -1.96. The molecule has 1 aromatic rings. The van der Waals surface area contributed by atoms with E-state index in [-0.39, 0.29) is 17.7 Å². The van der Waals surface area contributed by atoms with Crippen molar-refractivity contribution in [3.05, 3.63) is 34.1 Å². The van der Waals surface area contributed by atoms with Crippen LogP contribution in [0.4, 0.5) is 10.2 Å². The summed E-state index contributed by atoms with van der Waals surface area (Å²) in [5, 5.41) is 19.0. The van der Waals surface area contributed by atoms with Gasteiger partial charge >= 0.3 is 5.69 Å². The summed E-state index contributed by atoms with van der Waals surface area (Å²) in [7, 11) is 0. The highest BCUT2D eigenvalue weighted by Gasteiger charge is 2.40. The molecule has 0 saturated carbocycles. The van der Waals surface area contributed by atoms with Gasteiger partial charge in [-0.05, 0) is 6.92 Å². The maximum Gasteiger partial charge on any atom is 0.351 e. The van der Waals surface area contributed by atoms with Gasteiger partial charge in [0.05, 0.1) is 12.9 Å². The third-order valence-electron chi connectivity index (χ3n) is 3.03. The number of nitrogens with two attached hydrogens (primary N) is 1. The fraction of sp³-hybridized carbons (Fsp3) is 0.455. The Bertz CT molecular complexity index is 572. The topological polar surface area (TPSA) is 111 Å². The van der Waals surface area contributed by atoms with E-state index in [1.54, 1.807) is 6.92 Å². The number of nitrogen functional groups attached to an aromatic ring is 1. The Labute approximate surface area is 107 Å². The number of hydrogen-bond acceptors (Lipinski definition) is 6. The van der Waals surface area contributed by atoms with Gasteiger partial charge in [-0.1, -0.05) is 0 Å². The van der Waals surface area contributed by atoms with E-state index >= 15 is 0 Å². The summed E-state index contributed by atoms with van der Waals surface area (Å²) in [6, 6.07) is 0. The van der Waals surface area contributed by atoms with Crippen LogP contribution in [0.1, 0.15) is 11.8 Å². The Morgan fingerprint density at radius 3 is 2.89 bits per heavy atom. The van der Waals surface area contributed by atoms with Crippen molar-refractivity contribution in [1.29, 1.82) is 0 Å². The van der Waals surface area contributed by atoms with Crippen LogP contribution in [0.3, 0.4) is 0 Å². The summed E-state index contributed by atoms with van der Waals surface area (Å²) in [4.78, 5) is 15.3. The molecule has 19 heavy (non-hydrogen) atoms. The monoisotopic (exact) mass is 271 g/mol. The number of ether oxygens (including phenoxy) is 1. The first-order chi connectivity index (χ1) is 8.99. The number of aliphatic hydroxyl groups is 2. The zero-order valence-corrected chi connectivity index (χ0v) is 10.2. The molecule has 1 aromatic heterocycles. The van der Waals surface area contributed by atoms with Crippen molar-refractivity contribution in [3.8, 4) is 0 Å². The molecule has 2 heterocycles. The summed E-state index contributed by atoms with van der Waals surface area (Å²) in [5.41, 5.74) is 5.18. The number of aliphatic hydroxyl groups excluding tert-OH is 2. The first-order valence-electron chi connectivity index (χ1n) is 5.59. The highest BCUT2D eigenvalue weighted by molar-refractivity contribution is 5.35. The Kier molecular flexibility index (Phi) is 3.65. The highest BCUT2D eigenvalue weighted by atomic mass is 19.1. The van der Waals surface area contributed by atoms with Crippen molar-refractivity contribution in [3.63, 3.8) is 0 Å². The highest BCUT2D eigenvalue weighted by Crippen LogP contribution is 2.32. The van der Waals surface area contributed by atoms with Gasteiger partial charge in [0, 0.05) is 17.3 Å². The fourth-order valence-electron chi connectivity index (χ4n) is 1.94. The molecule has 0 spiro atoms. The van der Waals surface area contributed by atoms with E-state index in [9.17, 15) is 14.3 Å². The number of nitrogens with zero attached hydrogens (tertiary/aromatic N) is 2. The van der Waals surface area contributed by atoms with Crippen molar-refractivity contribution in [2.24, 2.45) is 0 Å². The van der Waals surface area contributed by atoms with Crippen LogP contribution < -0.4 is 11.4 Å². The lowest BCUT2D eigenvalue weighted by Gasteiger charge is -2.17. The van der Waals surface area contributed by atoms with Gasteiger partial charge in [-0.25, -0.2) is 9.18 Å². The third-order valence-corrected chi connectivity index (χ3v) is 3.03. The normalized spacial score (nSPS) is 29.1. The van der Waals surface area contributed by atoms with Crippen molar-refractivity contribution in [2.75, 3.05) is 12.3 Å². The van der Waals surface area contributed by atoms with Gasteiger partial charge in [-0.2, -0.15) is 4.98 Å². The molecule has 3 unspecified atom stereocenters. The van der Waals surface area contributed by atoms with E-state index in [2.05, 4.69) is 4.98 Å². The minimum absolute atomic E-state index is 0.0775. The summed E-state index contributed by atoms with van der Waals surface area (Å²) in [5.74, 6) is 0.0775. The van der Waals surface area contributed by atoms with Gasteiger partial charge < -0.3 is 20.7 Å². The number of aryl methyl sites for hydroxylation is 1. The van der Waals surface area contributed by atoms with Crippen LogP contribution in [0.15, 0.2) is 22.9 Å². The Morgan fingerprint density at radius 1 is 1.68 bits per heavy atom. The molecule has 0 aliphatic carbocycles. The lowest BCUT2D eigenvalue weighted by atomic mass is 10.1. The van der Waals surface area contributed by atoms with Gasteiger partial charge in [0.25, 0.3) is 0 Å². The van der Waals surface area contributed by atoms with E-state index in [0.717, 1.165) is 4.57 Å².